The first-order valence-electron chi connectivity index (χ1n) is 15.1. The van der Waals surface area contributed by atoms with Gasteiger partial charge in [0.05, 0.1) is 0 Å². The first-order valence-corrected chi connectivity index (χ1v) is 15.1. The summed E-state index contributed by atoms with van der Waals surface area (Å²) in [5, 5.41) is 0. The van der Waals surface area contributed by atoms with E-state index in [9.17, 15) is 8.78 Å². The summed E-state index contributed by atoms with van der Waals surface area (Å²) in [7, 11) is 0. The Morgan fingerprint density at radius 1 is 0.676 bits per heavy atom. The van der Waals surface area contributed by atoms with Crippen LogP contribution < -0.4 is 0 Å². The molecule has 0 saturated heterocycles. The Bertz CT molecular complexity index is 792. The van der Waals surface area contributed by atoms with Crippen molar-refractivity contribution < 1.29 is 8.78 Å². The van der Waals surface area contributed by atoms with E-state index in [2.05, 4.69) is 6.92 Å². The molecule has 4 aliphatic carbocycles. The van der Waals surface area contributed by atoms with Crippen LogP contribution in [-0.4, -0.2) is 0 Å². The molecule has 2 heteroatoms. The highest BCUT2D eigenvalue weighted by atomic mass is 19.2. The molecule has 0 amide bonds. The third kappa shape index (κ3) is 5.57. The molecule has 0 nitrogen and oxygen atoms in total. The molecule has 3 saturated carbocycles. The Kier molecular flexibility index (Phi) is 8.32. The van der Waals surface area contributed by atoms with Crippen molar-refractivity contribution >= 4 is 0 Å². The summed E-state index contributed by atoms with van der Waals surface area (Å²) in [5.74, 6) is 5.31. The monoisotopic (exact) mass is 470 g/mol. The lowest BCUT2D eigenvalue weighted by Crippen LogP contribution is -2.35. The summed E-state index contributed by atoms with van der Waals surface area (Å²) in [6, 6.07) is 3.19. The molecule has 4 aliphatic rings. The summed E-state index contributed by atoms with van der Waals surface area (Å²) >= 11 is 0. The first kappa shape index (κ1) is 24.8. The third-order valence-electron chi connectivity index (χ3n) is 10.9. The Balaban J connectivity index is 1.06. The highest BCUT2D eigenvalue weighted by Crippen LogP contribution is 2.50. The van der Waals surface area contributed by atoms with Gasteiger partial charge in [0, 0.05) is 0 Å². The average Bonchev–Trinajstić information content (AvgIpc) is 2.88. The van der Waals surface area contributed by atoms with Crippen LogP contribution in [0.5, 0.6) is 0 Å². The second kappa shape index (κ2) is 11.4. The molecule has 1 aromatic rings. The molecule has 1 aromatic carbocycles. The van der Waals surface area contributed by atoms with Gasteiger partial charge in [-0.15, -0.1) is 0 Å². The summed E-state index contributed by atoms with van der Waals surface area (Å²) in [6.45, 7) is 2.32. The SMILES string of the molecule is CCCCCCC1CCC2CC(C3CCC(C4CCc5c(ccc(F)c5F)C4)CC3)CCC2C1. The van der Waals surface area contributed by atoms with Crippen LogP contribution in [-0.2, 0) is 12.8 Å². The molecule has 3 fully saturated rings. The Morgan fingerprint density at radius 3 is 2.09 bits per heavy atom. The molecule has 0 aliphatic heterocycles. The normalized spacial score (nSPS) is 36.0. The van der Waals surface area contributed by atoms with Crippen molar-refractivity contribution in [3.8, 4) is 0 Å². The van der Waals surface area contributed by atoms with E-state index in [0.717, 1.165) is 60.3 Å². The second-order valence-electron chi connectivity index (χ2n) is 12.8. The number of benzene rings is 1. The number of hydrogen-bond acceptors (Lipinski definition) is 0. The third-order valence-corrected chi connectivity index (χ3v) is 10.9. The molecule has 5 rings (SSSR count). The van der Waals surface area contributed by atoms with Crippen molar-refractivity contribution in [1.82, 2.24) is 0 Å². The standard InChI is InChI=1S/C32H48F2/c1-2-3-4-5-6-22-7-8-28-20-26(14-13-25(28)19-22)23-9-11-24(12-10-23)27-15-17-30-29(21-27)16-18-31(33)32(30)34/h16,18,22-28H,2-15,17,19-21H2,1H3. The summed E-state index contributed by atoms with van der Waals surface area (Å²) < 4.78 is 27.8. The van der Waals surface area contributed by atoms with Crippen molar-refractivity contribution in [3.05, 3.63) is 34.9 Å². The van der Waals surface area contributed by atoms with E-state index in [0.29, 0.717) is 11.5 Å². The van der Waals surface area contributed by atoms with E-state index in [4.69, 9.17) is 0 Å². The van der Waals surface area contributed by atoms with Crippen LogP contribution in [0.25, 0.3) is 0 Å². The maximum Gasteiger partial charge on any atom is 0.162 e. The van der Waals surface area contributed by atoms with Gasteiger partial charge >= 0.3 is 0 Å². The molecule has 0 N–H and O–H groups in total. The topological polar surface area (TPSA) is 0 Å². The lowest BCUT2D eigenvalue weighted by atomic mass is 9.60. The van der Waals surface area contributed by atoms with Crippen LogP contribution in [0.2, 0.25) is 0 Å². The van der Waals surface area contributed by atoms with Gasteiger partial charge in [-0.3, -0.25) is 0 Å². The molecule has 190 valence electrons. The molecular weight excluding hydrogens is 422 g/mol. The predicted molar refractivity (Wildman–Crippen MR) is 138 cm³/mol. The van der Waals surface area contributed by atoms with E-state index in [1.165, 1.54) is 96.0 Å². The van der Waals surface area contributed by atoms with Crippen LogP contribution in [0.1, 0.15) is 121 Å². The van der Waals surface area contributed by atoms with Gasteiger partial charge in [-0.2, -0.15) is 0 Å². The van der Waals surface area contributed by atoms with Crippen molar-refractivity contribution in [2.75, 3.05) is 0 Å². The Hall–Kier alpha value is -0.920. The Morgan fingerprint density at radius 2 is 1.32 bits per heavy atom. The van der Waals surface area contributed by atoms with Gasteiger partial charge < -0.3 is 0 Å². The number of hydrogen-bond donors (Lipinski definition) is 0. The molecule has 0 radical (unpaired) electrons. The van der Waals surface area contributed by atoms with Crippen LogP contribution in [0, 0.1) is 53.1 Å². The molecule has 34 heavy (non-hydrogen) atoms. The van der Waals surface area contributed by atoms with Crippen molar-refractivity contribution in [2.24, 2.45) is 41.4 Å². The molecule has 5 unspecified atom stereocenters. The summed E-state index contributed by atoms with van der Waals surface area (Å²) in [5.41, 5.74) is 1.74. The minimum atomic E-state index is -0.673. The van der Waals surface area contributed by atoms with Crippen LogP contribution >= 0.6 is 0 Å². The van der Waals surface area contributed by atoms with E-state index >= 15 is 0 Å². The zero-order valence-electron chi connectivity index (χ0n) is 21.7. The smallest absolute Gasteiger partial charge is 0.162 e. The molecule has 0 heterocycles. The van der Waals surface area contributed by atoms with E-state index < -0.39 is 11.6 Å². The highest BCUT2D eigenvalue weighted by molar-refractivity contribution is 5.32. The van der Waals surface area contributed by atoms with E-state index in [-0.39, 0.29) is 0 Å². The number of unbranched alkanes of at least 4 members (excludes halogenated alkanes) is 3. The average molecular weight is 471 g/mol. The zero-order chi connectivity index (χ0) is 23.5. The number of rotatable bonds is 7. The van der Waals surface area contributed by atoms with Crippen LogP contribution in [0.15, 0.2) is 12.1 Å². The van der Waals surface area contributed by atoms with Gasteiger partial charge in [0.15, 0.2) is 11.6 Å². The summed E-state index contributed by atoms with van der Waals surface area (Å²) in [4.78, 5) is 0. The highest BCUT2D eigenvalue weighted by Gasteiger charge is 2.39. The van der Waals surface area contributed by atoms with Gasteiger partial charge in [-0.05, 0) is 136 Å². The Labute approximate surface area is 207 Å². The molecular formula is C32H48F2. The predicted octanol–water partition coefficient (Wildman–Crippen LogP) is 9.68. The fourth-order valence-corrected chi connectivity index (χ4v) is 8.87. The molecule has 5 atom stereocenters. The second-order valence-corrected chi connectivity index (χ2v) is 12.8. The lowest BCUT2D eigenvalue weighted by molar-refractivity contribution is 0.0527. The molecule has 0 spiro atoms. The van der Waals surface area contributed by atoms with Crippen molar-refractivity contribution in [3.63, 3.8) is 0 Å². The maximum absolute atomic E-state index is 14.2. The van der Waals surface area contributed by atoms with Gasteiger partial charge in [0.2, 0.25) is 0 Å². The zero-order valence-corrected chi connectivity index (χ0v) is 21.7. The van der Waals surface area contributed by atoms with Gasteiger partial charge in [-0.1, -0.05) is 51.5 Å². The molecule has 0 bridgehead atoms. The fourth-order valence-electron chi connectivity index (χ4n) is 8.87. The number of fused-ring (bicyclic) bond motifs is 2. The molecule has 0 aromatic heterocycles. The van der Waals surface area contributed by atoms with Crippen LogP contribution in [0.4, 0.5) is 8.78 Å². The minimum Gasteiger partial charge on any atom is -0.204 e. The van der Waals surface area contributed by atoms with Gasteiger partial charge in [0.1, 0.15) is 0 Å². The van der Waals surface area contributed by atoms with E-state index in [1.54, 1.807) is 6.42 Å². The first-order chi connectivity index (χ1) is 16.6. The van der Waals surface area contributed by atoms with Crippen molar-refractivity contribution in [2.45, 2.75) is 122 Å². The van der Waals surface area contributed by atoms with Crippen LogP contribution in [0.3, 0.4) is 0 Å². The van der Waals surface area contributed by atoms with E-state index in [1.807, 2.05) is 6.07 Å². The van der Waals surface area contributed by atoms with Gasteiger partial charge in [-0.25, -0.2) is 8.78 Å². The van der Waals surface area contributed by atoms with Gasteiger partial charge in [0.25, 0.3) is 0 Å². The minimum absolute atomic E-state index is 0.583. The number of halogens is 2. The van der Waals surface area contributed by atoms with Crippen molar-refractivity contribution in [1.29, 1.82) is 0 Å². The quantitative estimate of drug-likeness (QED) is 0.348. The summed E-state index contributed by atoms with van der Waals surface area (Å²) in [6.07, 6.45) is 24.7. The fraction of sp³-hybridized carbons (Fsp3) is 0.812. The largest absolute Gasteiger partial charge is 0.204 e. The maximum atomic E-state index is 14.2. The lowest BCUT2D eigenvalue weighted by Gasteiger charge is -2.46.